The summed E-state index contributed by atoms with van der Waals surface area (Å²) in [6.07, 6.45) is 0. The van der Waals surface area contributed by atoms with E-state index in [0.717, 1.165) is 0 Å². The molecule has 2 N–H and O–H groups in total. The highest BCUT2D eigenvalue weighted by molar-refractivity contribution is 6.44. The maximum absolute atomic E-state index is 11.7. The predicted octanol–water partition coefficient (Wildman–Crippen LogP) is 3.97. The van der Waals surface area contributed by atoms with Gasteiger partial charge in [-0.05, 0) is 32.9 Å². The van der Waals surface area contributed by atoms with Crippen LogP contribution in [0.5, 0.6) is 0 Å². The lowest BCUT2D eigenvalue weighted by atomic mass is 10.2. The van der Waals surface area contributed by atoms with E-state index in [1.165, 1.54) is 0 Å². The average Bonchev–Trinajstić information content (AvgIpc) is 2.24. The fourth-order valence-electron chi connectivity index (χ4n) is 1.34. The van der Waals surface area contributed by atoms with Gasteiger partial charge < -0.3 is 10.6 Å². The summed E-state index contributed by atoms with van der Waals surface area (Å²) in [6.45, 7) is 5.55. The quantitative estimate of drug-likeness (QED) is 0.826. The molecule has 0 saturated carbocycles. The lowest BCUT2D eigenvalue weighted by Crippen LogP contribution is -2.41. The summed E-state index contributed by atoms with van der Waals surface area (Å²) in [5.41, 5.74) is 0.581. The minimum atomic E-state index is -0.415. The van der Waals surface area contributed by atoms with Gasteiger partial charge in [-0.2, -0.15) is 0 Å². The van der Waals surface area contributed by atoms with Crippen LogP contribution < -0.4 is 10.6 Å². The van der Waals surface area contributed by atoms with E-state index in [2.05, 4.69) is 10.6 Å². The molecule has 0 aliphatic heterocycles. The molecule has 0 bridgehead atoms. The van der Waals surface area contributed by atoms with E-state index in [1.54, 1.807) is 19.1 Å². The van der Waals surface area contributed by atoms with Crippen molar-refractivity contribution in [1.29, 1.82) is 0 Å². The minimum Gasteiger partial charge on any atom is -0.373 e. The van der Waals surface area contributed by atoms with Crippen molar-refractivity contribution in [3.8, 4) is 0 Å². The number of halogens is 3. The Morgan fingerprint density at radius 2 is 1.61 bits per heavy atom. The molecular formula is C12H15Cl3N2O. The van der Waals surface area contributed by atoms with Gasteiger partial charge in [0.2, 0.25) is 5.91 Å². The lowest BCUT2D eigenvalue weighted by molar-refractivity contribution is -0.122. The first-order chi connectivity index (χ1) is 8.31. The molecule has 0 saturated heterocycles. The van der Waals surface area contributed by atoms with E-state index in [-0.39, 0.29) is 11.9 Å². The van der Waals surface area contributed by atoms with Crippen LogP contribution in [-0.4, -0.2) is 18.0 Å². The molecule has 1 amide bonds. The van der Waals surface area contributed by atoms with Crippen LogP contribution in [0.25, 0.3) is 0 Å². The van der Waals surface area contributed by atoms with Gasteiger partial charge >= 0.3 is 0 Å². The van der Waals surface area contributed by atoms with Crippen LogP contribution >= 0.6 is 34.8 Å². The monoisotopic (exact) mass is 308 g/mol. The van der Waals surface area contributed by atoms with Crippen molar-refractivity contribution in [3.63, 3.8) is 0 Å². The molecule has 1 aromatic rings. The summed E-state index contributed by atoms with van der Waals surface area (Å²) in [7, 11) is 0. The Morgan fingerprint density at radius 1 is 1.06 bits per heavy atom. The molecule has 0 spiro atoms. The molecule has 18 heavy (non-hydrogen) atoms. The van der Waals surface area contributed by atoms with Crippen LogP contribution in [0, 0.1) is 0 Å². The fraction of sp³-hybridized carbons (Fsp3) is 0.417. The SMILES string of the molecule is CC(C)NC(=O)C(C)Nc1cc(Cl)c(Cl)cc1Cl. The zero-order chi connectivity index (χ0) is 13.9. The van der Waals surface area contributed by atoms with Gasteiger partial charge in [-0.25, -0.2) is 0 Å². The molecule has 3 nitrogen and oxygen atoms in total. The number of amides is 1. The Balaban J connectivity index is 2.79. The molecule has 100 valence electrons. The van der Waals surface area contributed by atoms with Gasteiger partial charge in [-0.15, -0.1) is 0 Å². The average molecular weight is 310 g/mol. The number of anilines is 1. The second-order valence-corrected chi connectivity index (χ2v) is 5.50. The molecule has 0 aromatic heterocycles. The summed E-state index contributed by atoms with van der Waals surface area (Å²) in [5, 5.41) is 7.00. The van der Waals surface area contributed by atoms with Gasteiger partial charge in [-0.3, -0.25) is 4.79 Å². The van der Waals surface area contributed by atoms with Crippen molar-refractivity contribution in [3.05, 3.63) is 27.2 Å². The van der Waals surface area contributed by atoms with Crippen LogP contribution in [0.15, 0.2) is 12.1 Å². The van der Waals surface area contributed by atoms with Crippen molar-refractivity contribution in [2.24, 2.45) is 0 Å². The molecule has 1 unspecified atom stereocenters. The molecule has 1 aromatic carbocycles. The molecule has 0 heterocycles. The summed E-state index contributed by atoms with van der Waals surface area (Å²) < 4.78 is 0. The maximum atomic E-state index is 11.7. The van der Waals surface area contributed by atoms with Gasteiger partial charge in [0.1, 0.15) is 6.04 Å². The molecule has 0 aliphatic carbocycles. The summed E-state index contributed by atoms with van der Waals surface area (Å²) >= 11 is 17.8. The minimum absolute atomic E-state index is 0.0889. The third kappa shape index (κ3) is 4.23. The Hall–Kier alpha value is -0.640. The molecule has 1 atom stereocenters. The van der Waals surface area contributed by atoms with Crippen molar-refractivity contribution < 1.29 is 4.79 Å². The van der Waals surface area contributed by atoms with Crippen molar-refractivity contribution >= 4 is 46.4 Å². The first-order valence-electron chi connectivity index (χ1n) is 5.52. The van der Waals surface area contributed by atoms with Crippen LogP contribution in [0.2, 0.25) is 15.1 Å². The largest absolute Gasteiger partial charge is 0.373 e. The Morgan fingerprint density at radius 3 is 2.17 bits per heavy atom. The Bertz CT molecular complexity index is 449. The van der Waals surface area contributed by atoms with Crippen LogP contribution in [0.1, 0.15) is 20.8 Å². The molecule has 0 aliphatic rings. The lowest BCUT2D eigenvalue weighted by Gasteiger charge is -2.18. The normalized spacial score (nSPS) is 12.4. The number of nitrogens with one attached hydrogen (secondary N) is 2. The number of hydrogen-bond acceptors (Lipinski definition) is 2. The highest BCUT2D eigenvalue weighted by Crippen LogP contribution is 2.32. The van der Waals surface area contributed by atoms with Crippen molar-refractivity contribution in [2.75, 3.05) is 5.32 Å². The standard InChI is InChI=1S/C12H15Cl3N2O/c1-6(2)16-12(18)7(3)17-11-5-9(14)8(13)4-10(11)15/h4-7,17H,1-3H3,(H,16,18). The summed E-state index contributed by atoms with van der Waals surface area (Å²) in [5.74, 6) is -0.105. The van der Waals surface area contributed by atoms with Crippen LogP contribution in [-0.2, 0) is 4.79 Å². The zero-order valence-corrected chi connectivity index (χ0v) is 12.6. The first kappa shape index (κ1) is 15.4. The van der Waals surface area contributed by atoms with Gasteiger partial charge in [0.05, 0.1) is 20.8 Å². The third-order valence-electron chi connectivity index (χ3n) is 2.21. The van der Waals surface area contributed by atoms with E-state index >= 15 is 0 Å². The molecular weight excluding hydrogens is 295 g/mol. The Kier molecular flexibility index (Phi) is 5.57. The van der Waals surface area contributed by atoms with E-state index in [1.807, 2.05) is 13.8 Å². The molecule has 6 heteroatoms. The topological polar surface area (TPSA) is 41.1 Å². The van der Waals surface area contributed by atoms with E-state index < -0.39 is 6.04 Å². The highest BCUT2D eigenvalue weighted by atomic mass is 35.5. The van der Waals surface area contributed by atoms with E-state index in [0.29, 0.717) is 20.8 Å². The zero-order valence-electron chi connectivity index (χ0n) is 10.4. The van der Waals surface area contributed by atoms with Crippen LogP contribution in [0.4, 0.5) is 5.69 Å². The highest BCUT2D eigenvalue weighted by Gasteiger charge is 2.15. The number of carbonyl (C=O) groups is 1. The fourth-order valence-corrected chi connectivity index (χ4v) is 1.94. The number of carbonyl (C=O) groups excluding carboxylic acids is 1. The maximum Gasteiger partial charge on any atom is 0.242 e. The van der Waals surface area contributed by atoms with Crippen molar-refractivity contribution in [1.82, 2.24) is 5.32 Å². The molecule has 0 radical (unpaired) electrons. The van der Waals surface area contributed by atoms with E-state index in [9.17, 15) is 4.79 Å². The van der Waals surface area contributed by atoms with E-state index in [4.69, 9.17) is 34.8 Å². The van der Waals surface area contributed by atoms with Gasteiger partial charge in [0, 0.05) is 6.04 Å². The summed E-state index contributed by atoms with van der Waals surface area (Å²) in [6, 6.07) is 2.82. The summed E-state index contributed by atoms with van der Waals surface area (Å²) in [4.78, 5) is 11.7. The van der Waals surface area contributed by atoms with Gasteiger partial charge in [0.15, 0.2) is 0 Å². The third-order valence-corrected chi connectivity index (χ3v) is 3.24. The predicted molar refractivity (Wildman–Crippen MR) is 77.8 cm³/mol. The number of rotatable bonds is 4. The number of benzene rings is 1. The van der Waals surface area contributed by atoms with Gasteiger partial charge in [-0.1, -0.05) is 34.8 Å². The first-order valence-corrected chi connectivity index (χ1v) is 6.66. The second-order valence-electron chi connectivity index (χ2n) is 4.28. The van der Waals surface area contributed by atoms with Gasteiger partial charge in [0.25, 0.3) is 0 Å². The molecule has 1 rings (SSSR count). The number of hydrogen-bond donors (Lipinski definition) is 2. The Labute approximate surface area is 122 Å². The smallest absolute Gasteiger partial charge is 0.242 e. The second kappa shape index (κ2) is 6.50. The van der Waals surface area contributed by atoms with Crippen molar-refractivity contribution in [2.45, 2.75) is 32.9 Å². The van der Waals surface area contributed by atoms with Crippen LogP contribution in [0.3, 0.4) is 0 Å². The molecule has 0 fully saturated rings.